The highest BCUT2D eigenvalue weighted by Crippen LogP contribution is 2.13. The Labute approximate surface area is 104 Å². The van der Waals surface area contributed by atoms with Gasteiger partial charge in [-0.3, -0.25) is 4.79 Å². The molecule has 0 saturated carbocycles. The lowest BCUT2D eigenvalue weighted by atomic mass is 9.96. The molecule has 1 aromatic carbocycles. The van der Waals surface area contributed by atoms with Crippen LogP contribution in [0, 0.1) is 0 Å². The first-order valence-electron chi connectivity index (χ1n) is 6.05. The number of carbonyl (C=O) groups is 1. The van der Waals surface area contributed by atoms with Gasteiger partial charge in [0.2, 0.25) is 5.91 Å². The van der Waals surface area contributed by atoms with E-state index in [1.165, 1.54) is 0 Å². The van der Waals surface area contributed by atoms with Crippen molar-refractivity contribution in [3.8, 4) is 0 Å². The van der Waals surface area contributed by atoms with E-state index >= 15 is 0 Å². The van der Waals surface area contributed by atoms with Crippen molar-refractivity contribution in [1.82, 2.24) is 4.90 Å². The summed E-state index contributed by atoms with van der Waals surface area (Å²) in [7, 11) is 1.80. The normalized spacial score (nSPS) is 14.1. The monoisotopic (exact) mass is 234 g/mol. The molecule has 1 unspecified atom stereocenters. The van der Waals surface area contributed by atoms with Gasteiger partial charge in [-0.1, -0.05) is 43.7 Å². The van der Waals surface area contributed by atoms with Crippen LogP contribution in [0.1, 0.15) is 32.3 Å². The Kier molecular flexibility index (Phi) is 4.70. The molecule has 0 saturated heterocycles. The second kappa shape index (κ2) is 5.82. The van der Waals surface area contributed by atoms with Crippen LogP contribution >= 0.6 is 0 Å². The molecule has 0 radical (unpaired) electrons. The first kappa shape index (κ1) is 13.7. The smallest absolute Gasteiger partial charge is 0.242 e. The fourth-order valence-corrected chi connectivity index (χ4v) is 1.99. The van der Waals surface area contributed by atoms with E-state index in [0.717, 1.165) is 12.0 Å². The van der Waals surface area contributed by atoms with Crippen molar-refractivity contribution in [3.63, 3.8) is 0 Å². The molecule has 0 aromatic heterocycles. The molecular formula is C14H22N2O. The fraction of sp³-hybridized carbons (Fsp3) is 0.500. The van der Waals surface area contributed by atoms with Crippen LogP contribution in [-0.2, 0) is 11.3 Å². The highest BCUT2D eigenvalue weighted by atomic mass is 16.2. The van der Waals surface area contributed by atoms with Crippen LogP contribution in [0.4, 0.5) is 0 Å². The summed E-state index contributed by atoms with van der Waals surface area (Å²) in [4.78, 5) is 13.9. The molecule has 1 rings (SSSR count). The number of likely N-dealkylation sites (N-methyl/N-ethyl adjacent to an activating group) is 1. The van der Waals surface area contributed by atoms with E-state index in [2.05, 4.69) is 0 Å². The summed E-state index contributed by atoms with van der Waals surface area (Å²) in [5, 5.41) is 0. The van der Waals surface area contributed by atoms with Crippen molar-refractivity contribution in [1.29, 1.82) is 0 Å². The predicted molar refractivity (Wildman–Crippen MR) is 70.4 cm³/mol. The van der Waals surface area contributed by atoms with E-state index in [-0.39, 0.29) is 5.91 Å². The van der Waals surface area contributed by atoms with Crippen LogP contribution in [0.25, 0.3) is 0 Å². The van der Waals surface area contributed by atoms with Gasteiger partial charge in [0.25, 0.3) is 0 Å². The standard InChI is InChI=1S/C14H22N2O/c1-4-10-14(2,15)13(17)16(3)11-12-8-6-5-7-9-12/h5-9H,4,10-11,15H2,1-3H3. The van der Waals surface area contributed by atoms with Gasteiger partial charge in [-0.05, 0) is 18.9 Å². The molecule has 3 heteroatoms. The van der Waals surface area contributed by atoms with Gasteiger partial charge in [-0.2, -0.15) is 0 Å². The predicted octanol–water partition coefficient (Wildman–Crippen LogP) is 2.16. The molecule has 0 fully saturated rings. The van der Waals surface area contributed by atoms with E-state index in [1.54, 1.807) is 18.9 Å². The van der Waals surface area contributed by atoms with Gasteiger partial charge in [0.05, 0.1) is 5.54 Å². The summed E-state index contributed by atoms with van der Waals surface area (Å²) >= 11 is 0. The molecule has 0 bridgehead atoms. The minimum Gasteiger partial charge on any atom is -0.340 e. The zero-order valence-electron chi connectivity index (χ0n) is 10.9. The van der Waals surface area contributed by atoms with Crippen LogP contribution in [-0.4, -0.2) is 23.4 Å². The summed E-state index contributed by atoms with van der Waals surface area (Å²) < 4.78 is 0. The van der Waals surface area contributed by atoms with Gasteiger partial charge in [0.1, 0.15) is 0 Å². The molecular weight excluding hydrogens is 212 g/mol. The molecule has 0 aliphatic carbocycles. The second-order valence-corrected chi connectivity index (χ2v) is 4.81. The van der Waals surface area contributed by atoms with E-state index in [9.17, 15) is 4.79 Å². The lowest BCUT2D eigenvalue weighted by Crippen LogP contribution is -2.51. The third kappa shape index (κ3) is 3.86. The molecule has 3 nitrogen and oxygen atoms in total. The lowest BCUT2D eigenvalue weighted by Gasteiger charge is -2.29. The van der Waals surface area contributed by atoms with Gasteiger partial charge in [-0.15, -0.1) is 0 Å². The SMILES string of the molecule is CCCC(C)(N)C(=O)N(C)Cc1ccccc1. The van der Waals surface area contributed by atoms with Crippen molar-refractivity contribution in [2.24, 2.45) is 5.73 Å². The summed E-state index contributed by atoms with van der Waals surface area (Å²) in [6.07, 6.45) is 1.63. The van der Waals surface area contributed by atoms with Crippen LogP contribution in [0.3, 0.4) is 0 Å². The molecule has 0 aliphatic heterocycles. The van der Waals surface area contributed by atoms with Crippen LogP contribution in [0.5, 0.6) is 0 Å². The van der Waals surface area contributed by atoms with Gasteiger partial charge in [0, 0.05) is 13.6 Å². The van der Waals surface area contributed by atoms with Gasteiger partial charge < -0.3 is 10.6 Å². The highest BCUT2D eigenvalue weighted by Gasteiger charge is 2.29. The molecule has 0 spiro atoms. The number of benzene rings is 1. The van der Waals surface area contributed by atoms with E-state index in [4.69, 9.17) is 5.73 Å². The van der Waals surface area contributed by atoms with Crippen molar-refractivity contribution in [2.45, 2.75) is 38.8 Å². The van der Waals surface area contributed by atoms with Gasteiger partial charge in [-0.25, -0.2) is 0 Å². The summed E-state index contributed by atoms with van der Waals surface area (Å²) in [6.45, 7) is 4.45. The Bertz CT molecular complexity index is 360. The van der Waals surface area contributed by atoms with Crippen molar-refractivity contribution in [3.05, 3.63) is 35.9 Å². The van der Waals surface area contributed by atoms with Gasteiger partial charge >= 0.3 is 0 Å². The maximum absolute atomic E-state index is 12.2. The average Bonchev–Trinajstić information content (AvgIpc) is 2.29. The number of hydrogen-bond donors (Lipinski definition) is 1. The number of amides is 1. The first-order chi connectivity index (χ1) is 7.97. The van der Waals surface area contributed by atoms with E-state index in [1.807, 2.05) is 37.3 Å². The van der Waals surface area contributed by atoms with E-state index < -0.39 is 5.54 Å². The Balaban J connectivity index is 2.65. The topological polar surface area (TPSA) is 46.3 Å². The Morgan fingerprint density at radius 2 is 1.94 bits per heavy atom. The summed E-state index contributed by atoms with van der Waals surface area (Å²) in [5.41, 5.74) is 6.40. The summed E-state index contributed by atoms with van der Waals surface area (Å²) in [5.74, 6) is 0.00297. The Morgan fingerprint density at radius 3 is 2.47 bits per heavy atom. The van der Waals surface area contributed by atoms with Crippen molar-refractivity contribution >= 4 is 5.91 Å². The average molecular weight is 234 g/mol. The Morgan fingerprint density at radius 1 is 1.35 bits per heavy atom. The Hall–Kier alpha value is -1.35. The maximum atomic E-state index is 12.2. The maximum Gasteiger partial charge on any atom is 0.242 e. The number of rotatable bonds is 5. The van der Waals surface area contributed by atoms with Crippen LogP contribution in [0.15, 0.2) is 30.3 Å². The van der Waals surface area contributed by atoms with Crippen LogP contribution < -0.4 is 5.73 Å². The van der Waals surface area contributed by atoms with E-state index in [0.29, 0.717) is 13.0 Å². The fourth-order valence-electron chi connectivity index (χ4n) is 1.99. The zero-order chi connectivity index (χ0) is 12.9. The second-order valence-electron chi connectivity index (χ2n) is 4.81. The summed E-state index contributed by atoms with van der Waals surface area (Å²) in [6, 6.07) is 9.94. The lowest BCUT2D eigenvalue weighted by molar-refractivity contribution is -0.135. The highest BCUT2D eigenvalue weighted by molar-refractivity contribution is 5.85. The third-order valence-corrected chi connectivity index (χ3v) is 2.87. The molecule has 1 aromatic rings. The molecule has 2 N–H and O–H groups in total. The zero-order valence-corrected chi connectivity index (χ0v) is 10.9. The molecule has 94 valence electrons. The molecule has 17 heavy (non-hydrogen) atoms. The molecule has 0 heterocycles. The largest absolute Gasteiger partial charge is 0.340 e. The van der Waals surface area contributed by atoms with Crippen molar-refractivity contribution < 1.29 is 4.79 Å². The number of hydrogen-bond acceptors (Lipinski definition) is 2. The minimum atomic E-state index is -0.752. The van der Waals surface area contributed by atoms with Crippen LogP contribution in [0.2, 0.25) is 0 Å². The third-order valence-electron chi connectivity index (χ3n) is 2.87. The number of nitrogens with two attached hydrogens (primary N) is 1. The molecule has 0 aliphatic rings. The number of carbonyl (C=O) groups excluding carboxylic acids is 1. The quantitative estimate of drug-likeness (QED) is 0.848. The van der Waals surface area contributed by atoms with Crippen molar-refractivity contribution in [2.75, 3.05) is 7.05 Å². The molecule has 1 atom stereocenters. The van der Waals surface area contributed by atoms with Gasteiger partial charge in [0.15, 0.2) is 0 Å². The first-order valence-corrected chi connectivity index (χ1v) is 6.05. The molecule has 1 amide bonds. The minimum absolute atomic E-state index is 0.00297. The number of nitrogens with zero attached hydrogens (tertiary/aromatic N) is 1.